The number of aromatic nitrogens is 1. The van der Waals surface area contributed by atoms with Gasteiger partial charge in [-0.15, -0.1) is 0 Å². The van der Waals surface area contributed by atoms with E-state index in [9.17, 15) is 4.79 Å². The molecule has 0 radical (unpaired) electrons. The Balaban J connectivity index is 1.40. The fourth-order valence-corrected chi connectivity index (χ4v) is 3.30. The molecule has 0 atom stereocenters. The van der Waals surface area contributed by atoms with Gasteiger partial charge >= 0.3 is 0 Å². The molecule has 4 rings (SSSR count). The Morgan fingerprint density at radius 1 is 1.16 bits per heavy atom. The number of para-hydroxylation sites is 1. The monoisotopic (exact) mass is 339 g/mol. The van der Waals surface area contributed by atoms with Gasteiger partial charge in [0, 0.05) is 43.7 Å². The molecule has 1 saturated heterocycles. The lowest BCUT2D eigenvalue weighted by Crippen LogP contribution is -2.48. The number of amides is 1. The minimum atomic E-state index is -0.0341. The second kappa shape index (κ2) is 6.37. The summed E-state index contributed by atoms with van der Waals surface area (Å²) in [5.41, 5.74) is 2.85. The summed E-state index contributed by atoms with van der Waals surface area (Å²) >= 11 is 0. The van der Waals surface area contributed by atoms with Crippen LogP contribution in [0.2, 0.25) is 0 Å². The van der Waals surface area contributed by atoms with E-state index in [0.29, 0.717) is 18.8 Å². The van der Waals surface area contributed by atoms with Crippen molar-refractivity contribution in [2.75, 3.05) is 26.2 Å². The van der Waals surface area contributed by atoms with E-state index in [1.807, 2.05) is 49.1 Å². The third-order valence-corrected chi connectivity index (χ3v) is 4.86. The van der Waals surface area contributed by atoms with Crippen LogP contribution in [0.5, 0.6) is 0 Å². The highest BCUT2D eigenvalue weighted by Gasteiger charge is 2.25. The predicted octanol–water partition coefficient (Wildman–Crippen LogP) is 3.00. The van der Waals surface area contributed by atoms with E-state index in [1.54, 1.807) is 0 Å². The lowest BCUT2D eigenvalue weighted by atomic mass is 10.1. The molecule has 0 bridgehead atoms. The largest absolute Gasteiger partial charge is 0.451 e. The fraction of sp³-hybridized carbons (Fsp3) is 0.368. The quantitative estimate of drug-likeness (QED) is 0.734. The van der Waals surface area contributed by atoms with Gasteiger partial charge in [-0.2, -0.15) is 0 Å². The topological polar surface area (TPSA) is 62.7 Å². The van der Waals surface area contributed by atoms with Crippen molar-refractivity contribution in [2.24, 2.45) is 0 Å². The van der Waals surface area contributed by atoms with Crippen LogP contribution in [0, 0.1) is 13.8 Å². The van der Waals surface area contributed by atoms with Crippen molar-refractivity contribution in [2.45, 2.75) is 20.4 Å². The van der Waals surface area contributed by atoms with Crippen molar-refractivity contribution < 1.29 is 13.7 Å². The molecule has 6 heteroatoms. The van der Waals surface area contributed by atoms with Gasteiger partial charge in [0.25, 0.3) is 5.91 Å². The average molecular weight is 339 g/mol. The van der Waals surface area contributed by atoms with Gasteiger partial charge in [0.1, 0.15) is 11.3 Å². The Kier molecular flexibility index (Phi) is 4.05. The number of hydrogen-bond donors (Lipinski definition) is 0. The van der Waals surface area contributed by atoms with Crippen molar-refractivity contribution in [3.8, 4) is 0 Å². The molecule has 1 aromatic carbocycles. The zero-order chi connectivity index (χ0) is 17.4. The molecule has 1 aliphatic heterocycles. The summed E-state index contributed by atoms with van der Waals surface area (Å²) in [5.74, 6) is 1.26. The van der Waals surface area contributed by atoms with E-state index >= 15 is 0 Å². The summed E-state index contributed by atoms with van der Waals surface area (Å²) in [5, 5.41) is 4.97. The van der Waals surface area contributed by atoms with Gasteiger partial charge in [-0.05, 0) is 26.0 Å². The van der Waals surface area contributed by atoms with Crippen molar-refractivity contribution in [1.82, 2.24) is 15.0 Å². The Morgan fingerprint density at radius 2 is 1.92 bits per heavy atom. The molecule has 0 spiro atoms. The minimum Gasteiger partial charge on any atom is -0.451 e. The Labute approximate surface area is 146 Å². The maximum absolute atomic E-state index is 12.7. The van der Waals surface area contributed by atoms with Crippen LogP contribution in [0.25, 0.3) is 11.0 Å². The maximum Gasteiger partial charge on any atom is 0.289 e. The normalized spacial score (nSPS) is 15.8. The van der Waals surface area contributed by atoms with Crippen molar-refractivity contribution >= 4 is 16.9 Å². The molecule has 1 aliphatic rings. The van der Waals surface area contributed by atoms with Crippen LogP contribution in [0.1, 0.15) is 27.6 Å². The molecule has 3 heterocycles. The van der Waals surface area contributed by atoms with E-state index in [1.165, 1.54) is 0 Å². The van der Waals surface area contributed by atoms with Crippen LogP contribution in [-0.2, 0) is 6.54 Å². The third-order valence-electron chi connectivity index (χ3n) is 4.86. The van der Waals surface area contributed by atoms with Crippen molar-refractivity contribution in [3.05, 3.63) is 53.1 Å². The molecule has 1 fully saturated rings. The lowest BCUT2D eigenvalue weighted by Gasteiger charge is -2.34. The zero-order valence-corrected chi connectivity index (χ0v) is 14.5. The number of carbonyl (C=O) groups is 1. The number of aryl methyl sites for hydroxylation is 2. The molecule has 6 nitrogen and oxygen atoms in total. The molecule has 0 unspecified atom stereocenters. The van der Waals surface area contributed by atoms with Gasteiger partial charge in [0.05, 0.1) is 5.69 Å². The SMILES string of the molecule is Cc1noc(C)c1CN1CCN(C(=O)c2cc3ccccc3o2)CC1. The van der Waals surface area contributed by atoms with Crippen molar-refractivity contribution in [3.63, 3.8) is 0 Å². The molecule has 0 saturated carbocycles. The first-order valence-corrected chi connectivity index (χ1v) is 8.54. The first-order valence-electron chi connectivity index (χ1n) is 8.54. The molecule has 130 valence electrons. The number of furan rings is 1. The van der Waals surface area contributed by atoms with E-state index in [2.05, 4.69) is 10.1 Å². The number of rotatable bonds is 3. The van der Waals surface area contributed by atoms with Gasteiger partial charge in [-0.3, -0.25) is 9.69 Å². The molecule has 0 aliphatic carbocycles. The predicted molar refractivity (Wildman–Crippen MR) is 93.4 cm³/mol. The van der Waals surface area contributed by atoms with Crippen LogP contribution >= 0.6 is 0 Å². The first kappa shape index (κ1) is 15.9. The van der Waals surface area contributed by atoms with Crippen LogP contribution in [0.3, 0.4) is 0 Å². The minimum absolute atomic E-state index is 0.0341. The van der Waals surface area contributed by atoms with Crippen molar-refractivity contribution in [1.29, 1.82) is 0 Å². The van der Waals surface area contributed by atoms with E-state index in [-0.39, 0.29) is 5.91 Å². The van der Waals surface area contributed by atoms with E-state index < -0.39 is 0 Å². The van der Waals surface area contributed by atoms with Crippen LogP contribution in [-0.4, -0.2) is 47.0 Å². The standard InChI is InChI=1S/C19H21N3O3/c1-13-16(14(2)25-20-13)12-21-7-9-22(10-8-21)19(23)18-11-15-5-3-4-6-17(15)24-18/h3-6,11H,7-10,12H2,1-2H3. The maximum atomic E-state index is 12.7. The molecule has 25 heavy (non-hydrogen) atoms. The number of carbonyl (C=O) groups excluding carboxylic acids is 1. The summed E-state index contributed by atoms with van der Waals surface area (Å²) in [6.07, 6.45) is 0. The number of benzene rings is 1. The highest BCUT2D eigenvalue weighted by molar-refractivity contribution is 5.96. The second-order valence-electron chi connectivity index (χ2n) is 6.52. The average Bonchev–Trinajstić information content (AvgIpc) is 3.20. The van der Waals surface area contributed by atoms with Gasteiger partial charge < -0.3 is 13.8 Å². The summed E-state index contributed by atoms with van der Waals surface area (Å²) in [4.78, 5) is 16.9. The molecule has 2 aromatic heterocycles. The van der Waals surface area contributed by atoms with E-state index in [4.69, 9.17) is 8.94 Å². The Bertz CT molecular complexity index is 851. The molecule has 3 aromatic rings. The Hall–Kier alpha value is -2.60. The fourth-order valence-electron chi connectivity index (χ4n) is 3.30. The smallest absolute Gasteiger partial charge is 0.289 e. The molecule has 0 N–H and O–H groups in total. The van der Waals surface area contributed by atoms with Crippen LogP contribution < -0.4 is 0 Å². The van der Waals surface area contributed by atoms with Gasteiger partial charge in [-0.1, -0.05) is 23.4 Å². The second-order valence-corrected chi connectivity index (χ2v) is 6.52. The van der Waals surface area contributed by atoms with Gasteiger partial charge in [0.15, 0.2) is 5.76 Å². The van der Waals surface area contributed by atoms with Gasteiger partial charge in [-0.25, -0.2) is 0 Å². The summed E-state index contributed by atoms with van der Waals surface area (Å²) in [7, 11) is 0. The van der Waals surface area contributed by atoms with E-state index in [0.717, 1.165) is 47.6 Å². The summed E-state index contributed by atoms with van der Waals surface area (Å²) < 4.78 is 10.9. The first-order chi connectivity index (χ1) is 12.1. The summed E-state index contributed by atoms with van der Waals surface area (Å²) in [6, 6.07) is 9.52. The lowest BCUT2D eigenvalue weighted by molar-refractivity contribution is 0.0599. The number of fused-ring (bicyclic) bond motifs is 1. The zero-order valence-electron chi connectivity index (χ0n) is 14.5. The number of piperazine rings is 1. The number of nitrogens with zero attached hydrogens (tertiary/aromatic N) is 3. The molecule has 1 amide bonds. The van der Waals surface area contributed by atoms with Crippen LogP contribution in [0.4, 0.5) is 0 Å². The Morgan fingerprint density at radius 3 is 2.60 bits per heavy atom. The molecular weight excluding hydrogens is 318 g/mol. The third kappa shape index (κ3) is 3.05. The summed E-state index contributed by atoms with van der Waals surface area (Å²) in [6.45, 7) is 7.77. The number of hydrogen-bond acceptors (Lipinski definition) is 5. The highest BCUT2D eigenvalue weighted by Crippen LogP contribution is 2.21. The highest BCUT2D eigenvalue weighted by atomic mass is 16.5. The molecular formula is C19H21N3O3. The van der Waals surface area contributed by atoms with Crippen LogP contribution in [0.15, 0.2) is 39.3 Å². The van der Waals surface area contributed by atoms with Gasteiger partial charge in [0.2, 0.25) is 0 Å².